The van der Waals surface area contributed by atoms with Crippen LogP contribution in [0.2, 0.25) is 0 Å². The predicted molar refractivity (Wildman–Crippen MR) is 108 cm³/mol. The third-order valence-electron chi connectivity index (χ3n) is 4.83. The molecule has 4 rings (SSSR count). The van der Waals surface area contributed by atoms with E-state index in [1.54, 1.807) is 0 Å². The summed E-state index contributed by atoms with van der Waals surface area (Å²) in [6, 6.07) is 24.2. The first-order valence-electron chi connectivity index (χ1n) is 9.28. The standard InChI is InChI=1S/C24H21NO2/c1-2-27-24(26)20-15-13-19(14-16-20)23-21-9-5-3-7-17(21)11-12-18-8-4-6-10-22(18)25-23/h3-10,13-16H,2,11-12H2,1H3/b25-23-. The molecule has 3 heteroatoms. The summed E-state index contributed by atoms with van der Waals surface area (Å²) in [7, 11) is 0. The van der Waals surface area contributed by atoms with E-state index in [0.29, 0.717) is 12.2 Å². The zero-order valence-electron chi connectivity index (χ0n) is 15.3. The minimum absolute atomic E-state index is 0.297. The molecule has 0 aliphatic carbocycles. The van der Waals surface area contributed by atoms with Gasteiger partial charge in [-0.1, -0.05) is 54.6 Å². The second-order valence-electron chi connectivity index (χ2n) is 6.54. The Balaban J connectivity index is 1.82. The molecule has 0 saturated heterocycles. The maximum absolute atomic E-state index is 11.9. The fourth-order valence-corrected chi connectivity index (χ4v) is 3.45. The SMILES string of the molecule is CCOC(=O)c1ccc(/C2=N/c3ccccc3CCc3ccccc32)cc1. The highest BCUT2D eigenvalue weighted by molar-refractivity contribution is 6.15. The molecule has 0 fully saturated rings. The molecule has 3 nitrogen and oxygen atoms in total. The number of benzene rings is 3. The third kappa shape index (κ3) is 3.54. The molecule has 1 aliphatic heterocycles. The summed E-state index contributed by atoms with van der Waals surface area (Å²) in [5, 5.41) is 0. The summed E-state index contributed by atoms with van der Waals surface area (Å²) in [6.07, 6.45) is 1.96. The topological polar surface area (TPSA) is 38.7 Å². The van der Waals surface area contributed by atoms with Crippen molar-refractivity contribution in [1.29, 1.82) is 0 Å². The van der Waals surface area contributed by atoms with Crippen LogP contribution >= 0.6 is 0 Å². The highest BCUT2D eigenvalue weighted by Gasteiger charge is 2.16. The van der Waals surface area contributed by atoms with Gasteiger partial charge in [0.05, 0.1) is 23.6 Å². The minimum Gasteiger partial charge on any atom is -0.462 e. The second kappa shape index (κ2) is 7.58. The number of rotatable bonds is 3. The van der Waals surface area contributed by atoms with Gasteiger partial charge in [-0.05, 0) is 49.1 Å². The average molecular weight is 355 g/mol. The van der Waals surface area contributed by atoms with E-state index in [1.165, 1.54) is 11.1 Å². The summed E-state index contributed by atoms with van der Waals surface area (Å²) in [5.74, 6) is -0.297. The lowest BCUT2D eigenvalue weighted by atomic mass is 9.91. The van der Waals surface area contributed by atoms with Gasteiger partial charge in [0.1, 0.15) is 0 Å². The van der Waals surface area contributed by atoms with Gasteiger partial charge in [0.2, 0.25) is 0 Å². The van der Waals surface area contributed by atoms with Crippen LogP contribution in [0, 0.1) is 0 Å². The highest BCUT2D eigenvalue weighted by Crippen LogP contribution is 2.28. The molecule has 0 aromatic heterocycles. The Bertz CT molecular complexity index is 1000. The van der Waals surface area contributed by atoms with Crippen LogP contribution in [0.15, 0.2) is 77.8 Å². The van der Waals surface area contributed by atoms with Crippen molar-refractivity contribution in [1.82, 2.24) is 0 Å². The Hall–Kier alpha value is -3.20. The summed E-state index contributed by atoms with van der Waals surface area (Å²) >= 11 is 0. The molecule has 27 heavy (non-hydrogen) atoms. The van der Waals surface area contributed by atoms with Crippen molar-refractivity contribution >= 4 is 17.4 Å². The van der Waals surface area contributed by atoms with Crippen LogP contribution in [0.5, 0.6) is 0 Å². The summed E-state index contributed by atoms with van der Waals surface area (Å²) in [4.78, 5) is 17.0. The van der Waals surface area contributed by atoms with Crippen molar-refractivity contribution in [3.8, 4) is 0 Å². The molecule has 134 valence electrons. The van der Waals surface area contributed by atoms with Gasteiger partial charge in [-0.3, -0.25) is 0 Å². The Morgan fingerprint density at radius 2 is 1.56 bits per heavy atom. The monoisotopic (exact) mass is 355 g/mol. The molecule has 0 amide bonds. The average Bonchev–Trinajstić information content (AvgIpc) is 2.70. The smallest absolute Gasteiger partial charge is 0.338 e. The fraction of sp³-hybridized carbons (Fsp3) is 0.167. The number of carbonyl (C=O) groups is 1. The fourth-order valence-electron chi connectivity index (χ4n) is 3.45. The van der Waals surface area contributed by atoms with Gasteiger partial charge in [0.25, 0.3) is 0 Å². The number of para-hydroxylation sites is 1. The number of fused-ring (bicyclic) bond motifs is 2. The van der Waals surface area contributed by atoms with Gasteiger partial charge < -0.3 is 4.74 Å². The molecule has 0 unspecified atom stereocenters. The van der Waals surface area contributed by atoms with Crippen LogP contribution < -0.4 is 0 Å². The number of aryl methyl sites for hydroxylation is 2. The van der Waals surface area contributed by atoms with E-state index >= 15 is 0 Å². The number of esters is 1. The van der Waals surface area contributed by atoms with E-state index in [1.807, 2.05) is 37.3 Å². The van der Waals surface area contributed by atoms with Crippen LogP contribution in [0.25, 0.3) is 0 Å². The van der Waals surface area contributed by atoms with Crippen LogP contribution in [-0.2, 0) is 17.6 Å². The molecule has 3 aromatic rings. The first kappa shape index (κ1) is 17.2. The first-order chi connectivity index (χ1) is 13.3. The van der Waals surface area contributed by atoms with Gasteiger partial charge in [-0.25, -0.2) is 9.79 Å². The molecular weight excluding hydrogens is 334 g/mol. The van der Waals surface area contributed by atoms with Crippen molar-refractivity contribution in [3.63, 3.8) is 0 Å². The third-order valence-corrected chi connectivity index (χ3v) is 4.83. The molecule has 0 radical (unpaired) electrons. The normalized spacial score (nSPS) is 14.8. The lowest BCUT2D eigenvalue weighted by Crippen LogP contribution is -2.11. The van der Waals surface area contributed by atoms with E-state index < -0.39 is 0 Å². The van der Waals surface area contributed by atoms with Crippen LogP contribution in [0.1, 0.15) is 39.5 Å². The van der Waals surface area contributed by atoms with Gasteiger partial charge in [-0.2, -0.15) is 0 Å². The lowest BCUT2D eigenvalue weighted by Gasteiger charge is -2.17. The summed E-state index contributed by atoms with van der Waals surface area (Å²) < 4.78 is 5.08. The molecule has 3 aromatic carbocycles. The van der Waals surface area contributed by atoms with Gasteiger partial charge in [-0.15, -0.1) is 0 Å². The van der Waals surface area contributed by atoms with E-state index in [4.69, 9.17) is 9.73 Å². The van der Waals surface area contributed by atoms with E-state index in [0.717, 1.165) is 35.4 Å². The maximum Gasteiger partial charge on any atom is 0.338 e. The number of nitrogens with zero attached hydrogens (tertiary/aromatic N) is 1. The van der Waals surface area contributed by atoms with Crippen LogP contribution in [0.3, 0.4) is 0 Å². The van der Waals surface area contributed by atoms with E-state index in [9.17, 15) is 4.79 Å². The van der Waals surface area contributed by atoms with Crippen molar-refractivity contribution in [2.24, 2.45) is 4.99 Å². The summed E-state index contributed by atoms with van der Waals surface area (Å²) in [5.41, 5.74) is 7.20. The minimum atomic E-state index is -0.297. The highest BCUT2D eigenvalue weighted by atomic mass is 16.5. The molecule has 0 saturated carbocycles. The number of aliphatic imine (C=N–C) groups is 1. The largest absolute Gasteiger partial charge is 0.462 e. The second-order valence-corrected chi connectivity index (χ2v) is 6.54. The molecule has 1 heterocycles. The Morgan fingerprint density at radius 1 is 0.889 bits per heavy atom. The number of carbonyl (C=O) groups excluding carboxylic acids is 1. The number of ether oxygens (including phenoxy) is 1. The zero-order valence-corrected chi connectivity index (χ0v) is 15.3. The Kier molecular flexibility index (Phi) is 4.84. The van der Waals surface area contributed by atoms with Crippen molar-refractivity contribution in [3.05, 3.63) is 101 Å². The zero-order chi connectivity index (χ0) is 18.6. The van der Waals surface area contributed by atoms with Crippen LogP contribution in [0.4, 0.5) is 5.69 Å². The quantitative estimate of drug-likeness (QED) is 0.611. The molecule has 0 N–H and O–H groups in total. The Morgan fingerprint density at radius 3 is 2.33 bits per heavy atom. The van der Waals surface area contributed by atoms with E-state index in [2.05, 4.69) is 42.5 Å². The van der Waals surface area contributed by atoms with E-state index in [-0.39, 0.29) is 5.97 Å². The molecule has 0 atom stereocenters. The predicted octanol–water partition coefficient (Wildman–Crippen LogP) is 5.13. The first-order valence-corrected chi connectivity index (χ1v) is 9.28. The number of hydrogen-bond donors (Lipinski definition) is 0. The maximum atomic E-state index is 11.9. The lowest BCUT2D eigenvalue weighted by molar-refractivity contribution is 0.0526. The van der Waals surface area contributed by atoms with Crippen molar-refractivity contribution in [2.45, 2.75) is 19.8 Å². The Labute approximate surface area is 159 Å². The number of hydrogen-bond acceptors (Lipinski definition) is 3. The summed E-state index contributed by atoms with van der Waals surface area (Å²) in [6.45, 7) is 2.18. The van der Waals surface area contributed by atoms with Gasteiger partial charge in [0, 0.05) is 11.1 Å². The van der Waals surface area contributed by atoms with Gasteiger partial charge in [0.15, 0.2) is 0 Å². The molecule has 0 bridgehead atoms. The molecular formula is C24H21NO2. The van der Waals surface area contributed by atoms with Crippen molar-refractivity contribution < 1.29 is 9.53 Å². The van der Waals surface area contributed by atoms with Gasteiger partial charge >= 0.3 is 5.97 Å². The molecule has 0 spiro atoms. The molecule has 1 aliphatic rings. The van der Waals surface area contributed by atoms with Crippen molar-refractivity contribution in [2.75, 3.05) is 6.61 Å². The van der Waals surface area contributed by atoms with Crippen LogP contribution in [-0.4, -0.2) is 18.3 Å².